The molecule has 0 saturated heterocycles. The van der Waals surface area contributed by atoms with Crippen LogP contribution in [-0.2, 0) is 0 Å². The molecule has 0 amide bonds. The molecule has 0 bridgehead atoms. The summed E-state index contributed by atoms with van der Waals surface area (Å²) in [6.45, 7) is 0.909. The summed E-state index contributed by atoms with van der Waals surface area (Å²) in [6, 6.07) is 1.44. The van der Waals surface area contributed by atoms with Crippen LogP contribution < -0.4 is 10.9 Å². The molecule has 1 aromatic rings. The van der Waals surface area contributed by atoms with Gasteiger partial charge in [-0.3, -0.25) is 4.79 Å². The van der Waals surface area contributed by atoms with Crippen molar-refractivity contribution in [2.45, 2.75) is 6.42 Å². The molecule has 0 aliphatic heterocycles. The van der Waals surface area contributed by atoms with Crippen molar-refractivity contribution >= 4 is 6.08 Å². The van der Waals surface area contributed by atoms with E-state index in [1.165, 1.54) is 6.07 Å². The summed E-state index contributed by atoms with van der Waals surface area (Å²) in [5.74, 6) is -0.249. The van der Waals surface area contributed by atoms with E-state index in [2.05, 4.69) is 10.3 Å². The zero-order chi connectivity index (χ0) is 10.4. The number of hydrogen-bond donors (Lipinski definition) is 3. The molecule has 1 heterocycles. The first-order chi connectivity index (χ1) is 6.74. The summed E-state index contributed by atoms with van der Waals surface area (Å²) in [7, 11) is 1.89. The zero-order valence-electron chi connectivity index (χ0n) is 8.08. The van der Waals surface area contributed by atoms with Crippen molar-refractivity contribution in [2.24, 2.45) is 0 Å². The summed E-state index contributed by atoms with van der Waals surface area (Å²) >= 11 is 0. The number of aromatic amines is 1. The Bertz CT molecular complexity index is 369. The van der Waals surface area contributed by atoms with Crippen LogP contribution in [0.4, 0.5) is 0 Å². The summed E-state index contributed by atoms with van der Waals surface area (Å²) in [4.78, 5) is 13.2. The third-order valence-corrected chi connectivity index (χ3v) is 1.78. The first-order valence-electron chi connectivity index (χ1n) is 4.47. The lowest BCUT2D eigenvalue weighted by molar-refractivity contribution is 0.466. The Kier molecular flexibility index (Phi) is 3.94. The van der Waals surface area contributed by atoms with Crippen molar-refractivity contribution in [1.29, 1.82) is 0 Å². The van der Waals surface area contributed by atoms with Crippen molar-refractivity contribution in [3.63, 3.8) is 0 Å². The van der Waals surface area contributed by atoms with Crippen LogP contribution in [-0.4, -0.2) is 23.7 Å². The highest BCUT2D eigenvalue weighted by Crippen LogP contribution is 2.05. The van der Waals surface area contributed by atoms with E-state index in [0.717, 1.165) is 18.5 Å². The lowest BCUT2D eigenvalue weighted by atomic mass is 10.2. The Morgan fingerprint density at radius 1 is 1.64 bits per heavy atom. The van der Waals surface area contributed by atoms with Gasteiger partial charge in [-0.2, -0.15) is 0 Å². The molecule has 1 rings (SSSR count). The molecule has 0 fully saturated rings. The van der Waals surface area contributed by atoms with E-state index in [4.69, 9.17) is 5.11 Å². The van der Waals surface area contributed by atoms with E-state index < -0.39 is 5.56 Å². The van der Waals surface area contributed by atoms with Crippen LogP contribution in [0.5, 0.6) is 5.75 Å². The molecule has 0 unspecified atom stereocenters. The second kappa shape index (κ2) is 5.24. The van der Waals surface area contributed by atoms with E-state index in [-0.39, 0.29) is 5.75 Å². The van der Waals surface area contributed by atoms with Crippen LogP contribution in [0.15, 0.2) is 23.1 Å². The van der Waals surface area contributed by atoms with Gasteiger partial charge in [-0.1, -0.05) is 12.2 Å². The molecule has 76 valence electrons. The maximum absolute atomic E-state index is 10.8. The van der Waals surface area contributed by atoms with E-state index in [1.54, 1.807) is 6.20 Å². The molecule has 0 aliphatic carbocycles. The van der Waals surface area contributed by atoms with Gasteiger partial charge in [-0.15, -0.1) is 0 Å². The maximum Gasteiger partial charge on any atom is 0.290 e. The summed E-state index contributed by atoms with van der Waals surface area (Å²) in [6.07, 6.45) is 6.31. The van der Waals surface area contributed by atoms with Crippen molar-refractivity contribution in [3.8, 4) is 5.75 Å². The molecule has 14 heavy (non-hydrogen) atoms. The van der Waals surface area contributed by atoms with Gasteiger partial charge in [0.2, 0.25) is 0 Å². The summed E-state index contributed by atoms with van der Waals surface area (Å²) < 4.78 is 0. The maximum atomic E-state index is 10.8. The Balaban J connectivity index is 2.63. The van der Waals surface area contributed by atoms with Gasteiger partial charge in [-0.25, -0.2) is 0 Å². The van der Waals surface area contributed by atoms with Gasteiger partial charge < -0.3 is 15.4 Å². The molecule has 4 nitrogen and oxygen atoms in total. The highest BCUT2D eigenvalue weighted by atomic mass is 16.3. The number of pyridine rings is 1. The third-order valence-electron chi connectivity index (χ3n) is 1.78. The Hall–Kier alpha value is -1.55. The average molecular weight is 194 g/mol. The van der Waals surface area contributed by atoms with Gasteiger partial charge in [0.25, 0.3) is 5.56 Å². The lowest BCUT2D eigenvalue weighted by Crippen LogP contribution is -2.05. The van der Waals surface area contributed by atoms with Crippen LogP contribution in [0, 0.1) is 0 Å². The van der Waals surface area contributed by atoms with E-state index in [9.17, 15) is 4.79 Å². The summed E-state index contributed by atoms with van der Waals surface area (Å²) in [5, 5.41) is 12.1. The van der Waals surface area contributed by atoms with Gasteiger partial charge in [0.15, 0.2) is 5.75 Å². The monoisotopic (exact) mass is 194 g/mol. The van der Waals surface area contributed by atoms with Gasteiger partial charge in [-0.05, 0) is 31.6 Å². The van der Waals surface area contributed by atoms with Crippen molar-refractivity contribution < 1.29 is 5.11 Å². The predicted molar refractivity (Wildman–Crippen MR) is 56.3 cm³/mol. The minimum Gasteiger partial charge on any atom is -0.503 e. The van der Waals surface area contributed by atoms with Gasteiger partial charge in [0.1, 0.15) is 0 Å². The van der Waals surface area contributed by atoms with E-state index in [0.29, 0.717) is 0 Å². The van der Waals surface area contributed by atoms with Crippen LogP contribution in [0.2, 0.25) is 0 Å². The quantitative estimate of drug-likeness (QED) is 0.618. The average Bonchev–Trinajstić information content (AvgIpc) is 2.18. The van der Waals surface area contributed by atoms with E-state index >= 15 is 0 Å². The molecule has 1 aromatic heterocycles. The third kappa shape index (κ3) is 3.06. The largest absolute Gasteiger partial charge is 0.503 e. The fraction of sp³-hybridized carbons (Fsp3) is 0.300. The van der Waals surface area contributed by atoms with Crippen LogP contribution in [0.1, 0.15) is 12.0 Å². The van der Waals surface area contributed by atoms with E-state index in [1.807, 2.05) is 19.2 Å². The number of aromatic nitrogens is 1. The zero-order valence-corrected chi connectivity index (χ0v) is 8.08. The molecule has 0 aliphatic rings. The SMILES string of the molecule is CNCCC=Cc1c[nH]c(=O)c(O)c1. The molecule has 0 saturated carbocycles. The number of H-pyrrole nitrogens is 1. The number of rotatable bonds is 4. The fourth-order valence-corrected chi connectivity index (χ4v) is 1.03. The van der Waals surface area contributed by atoms with Gasteiger partial charge >= 0.3 is 0 Å². The second-order valence-corrected chi connectivity index (χ2v) is 2.94. The van der Waals surface area contributed by atoms with Gasteiger partial charge in [0, 0.05) is 6.20 Å². The molecule has 4 heteroatoms. The van der Waals surface area contributed by atoms with Crippen LogP contribution >= 0.6 is 0 Å². The van der Waals surface area contributed by atoms with Crippen LogP contribution in [0.3, 0.4) is 0 Å². The number of hydrogen-bond acceptors (Lipinski definition) is 3. The lowest BCUT2D eigenvalue weighted by Gasteiger charge is -1.95. The number of nitrogens with one attached hydrogen (secondary N) is 2. The van der Waals surface area contributed by atoms with Crippen LogP contribution in [0.25, 0.3) is 6.08 Å². The molecule has 3 N–H and O–H groups in total. The van der Waals surface area contributed by atoms with Crippen molar-refractivity contribution in [2.75, 3.05) is 13.6 Å². The Morgan fingerprint density at radius 3 is 3.07 bits per heavy atom. The molecule has 0 aromatic carbocycles. The fourth-order valence-electron chi connectivity index (χ4n) is 1.03. The second-order valence-electron chi connectivity index (χ2n) is 2.94. The molecular weight excluding hydrogens is 180 g/mol. The van der Waals surface area contributed by atoms with Gasteiger partial charge in [0.05, 0.1) is 0 Å². The molecule has 0 atom stereocenters. The van der Waals surface area contributed by atoms with Crippen molar-refractivity contribution in [3.05, 3.63) is 34.3 Å². The Morgan fingerprint density at radius 2 is 2.43 bits per heavy atom. The smallest absolute Gasteiger partial charge is 0.290 e. The highest BCUT2D eigenvalue weighted by molar-refractivity contribution is 5.49. The topological polar surface area (TPSA) is 65.1 Å². The Labute approximate surface area is 82.3 Å². The van der Waals surface area contributed by atoms with Crippen molar-refractivity contribution in [1.82, 2.24) is 10.3 Å². The molecule has 0 radical (unpaired) electrons. The minimum absolute atomic E-state index is 0.249. The molecule has 0 spiro atoms. The standard InChI is InChI=1S/C10H14N2O2/c1-11-5-3-2-4-8-6-9(13)10(14)12-7-8/h2,4,6-7,11,13H,3,5H2,1H3,(H,12,14). The summed E-state index contributed by atoms with van der Waals surface area (Å²) in [5.41, 5.74) is 0.329. The highest BCUT2D eigenvalue weighted by Gasteiger charge is 1.95. The minimum atomic E-state index is -0.461. The first-order valence-corrected chi connectivity index (χ1v) is 4.47. The predicted octanol–water partition coefficient (Wildman–Crippen LogP) is 0.703. The number of aromatic hydroxyl groups is 1. The first kappa shape index (κ1) is 10.5. The molecular formula is C10H14N2O2. The normalized spacial score (nSPS) is 10.9.